The Morgan fingerprint density at radius 1 is 1.48 bits per heavy atom. The van der Waals surface area contributed by atoms with Crippen LogP contribution in [-0.2, 0) is 4.79 Å². The van der Waals surface area contributed by atoms with Crippen LogP contribution in [0.2, 0.25) is 10.0 Å². The number of piperidine rings is 1. The lowest BCUT2D eigenvalue weighted by Crippen LogP contribution is -2.54. The number of halogens is 2. The molecule has 1 aliphatic heterocycles. The average Bonchev–Trinajstić information content (AvgIpc) is 2.42. The summed E-state index contributed by atoms with van der Waals surface area (Å²) in [6, 6.07) is 5.43. The van der Waals surface area contributed by atoms with Crippen LogP contribution in [0.25, 0.3) is 0 Å². The van der Waals surface area contributed by atoms with Crippen molar-refractivity contribution in [2.24, 2.45) is 11.1 Å². The average molecular weight is 347 g/mol. The number of thioether (sulfide) groups is 1. The number of carbonyl (C=O) groups is 1. The summed E-state index contributed by atoms with van der Waals surface area (Å²) in [5, 5.41) is 1.25. The van der Waals surface area contributed by atoms with Crippen molar-refractivity contribution in [2.75, 3.05) is 18.8 Å². The largest absolute Gasteiger partial charge is 0.341 e. The predicted octanol–water partition coefficient (Wildman–Crippen LogP) is 3.67. The highest BCUT2D eigenvalue weighted by Crippen LogP contribution is 2.31. The molecule has 3 nitrogen and oxygen atoms in total. The van der Waals surface area contributed by atoms with Crippen molar-refractivity contribution in [2.45, 2.75) is 31.2 Å². The van der Waals surface area contributed by atoms with E-state index in [2.05, 4.69) is 13.8 Å². The standard InChI is InChI=1S/C15H20Cl2N2OS/c1-15(2)9-19(6-5-13(15)18)14(20)8-21-12-7-10(16)3-4-11(12)17/h3-4,7,13H,5-6,8-9,18H2,1-2H3. The van der Waals surface area contributed by atoms with Crippen molar-refractivity contribution in [3.05, 3.63) is 28.2 Å². The van der Waals surface area contributed by atoms with Gasteiger partial charge in [-0.2, -0.15) is 0 Å². The molecule has 2 rings (SSSR count). The summed E-state index contributed by atoms with van der Waals surface area (Å²) in [6.07, 6.45) is 0.849. The molecule has 1 aromatic rings. The minimum Gasteiger partial charge on any atom is -0.341 e. The Kier molecular flexibility index (Phi) is 5.47. The van der Waals surface area contributed by atoms with Gasteiger partial charge in [-0.25, -0.2) is 0 Å². The van der Waals surface area contributed by atoms with Crippen molar-refractivity contribution in [1.29, 1.82) is 0 Å². The van der Waals surface area contributed by atoms with E-state index >= 15 is 0 Å². The summed E-state index contributed by atoms with van der Waals surface area (Å²) in [5.41, 5.74) is 6.07. The zero-order chi connectivity index (χ0) is 15.6. The van der Waals surface area contributed by atoms with Crippen LogP contribution in [0.5, 0.6) is 0 Å². The third-order valence-electron chi connectivity index (χ3n) is 3.91. The second-order valence-corrected chi connectivity index (χ2v) is 7.92. The van der Waals surface area contributed by atoms with Gasteiger partial charge in [0.1, 0.15) is 0 Å². The number of likely N-dealkylation sites (tertiary alicyclic amines) is 1. The topological polar surface area (TPSA) is 46.3 Å². The predicted molar refractivity (Wildman–Crippen MR) is 90.1 cm³/mol. The zero-order valence-corrected chi connectivity index (χ0v) is 14.6. The molecule has 0 saturated carbocycles. The molecule has 6 heteroatoms. The Morgan fingerprint density at radius 3 is 2.86 bits per heavy atom. The molecule has 116 valence electrons. The second-order valence-electron chi connectivity index (χ2n) is 6.06. The second kappa shape index (κ2) is 6.78. The SMILES string of the molecule is CC1(C)CN(C(=O)CSc2cc(Cl)ccc2Cl)CCC1N. The maximum atomic E-state index is 12.4. The molecule has 1 aromatic carbocycles. The molecule has 1 heterocycles. The molecule has 0 bridgehead atoms. The van der Waals surface area contributed by atoms with Crippen LogP contribution in [0, 0.1) is 5.41 Å². The zero-order valence-electron chi connectivity index (χ0n) is 12.2. The van der Waals surface area contributed by atoms with Gasteiger partial charge in [-0.1, -0.05) is 37.0 Å². The third kappa shape index (κ3) is 4.28. The van der Waals surface area contributed by atoms with Crippen LogP contribution in [0.15, 0.2) is 23.1 Å². The normalized spacial score (nSPS) is 21.4. The number of nitrogens with zero attached hydrogens (tertiary/aromatic N) is 1. The van der Waals surface area contributed by atoms with Gasteiger partial charge in [-0.05, 0) is 30.0 Å². The Hall–Kier alpha value is -0.420. The van der Waals surface area contributed by atoms with Gasteiger partial charge in [-0.15, -0.1) is 11.8 Å². The number of carbonyl (C=O) groups excluding carboxylic acids is 1. The summed E-state index contributed by atoms with van der Waals surface area (Å²) in [5.74, 6) is 0.488. The lowest BCUT2D eigenvalue weighted by molar-refractivity contribution is -0.131. The van der Waals surface area contributed by atoms with E-state index in [-0.39, 0.29) is 17.4 Å². The van der Waals surface area contributed by atoms with E-state index in [0.717, 1.165) is 17.9 Å². The summed E-state index contributed by atoms with van der Waals surface area (Å²) < 4.78 is 0. The quantitative estimate of drug-likeness (QED) is 0.849. The molecule has 1 fully saturated rings. The van der Waals surface area contributed by atoms with E-state index in [1.54, 1.807) is 18.2 Å². The lowest BCUT2D eigenvalue weighted by Gasteiger charge is -2.42. The maximum Gasteiger partial charge on any atom is 0.232 e. The summed E-state index contributed by atoms with van der Waals surface area (Å²) in [6.45, 7) is 5.65. The molecular formula is C15H20Cl2N2OS. The van der Waals surface area contributed by atoms with Crippen LogP contribution in [-0.4, -0.2) is 35.7 Å². The van der Waals surface area contributed by atoms with Gasteiger partial charge in [-0.3, -0.25) is 4.79 Å². The van der Waals surface area contributed by atoms with Gasteiger partial charge in [0.05, 0.1) is 10.8 Å². The number of amides is 1. The third-order valence-corrected chi connectivity index (χ3v) is 5.63. The Morgan fingerprint density at radius 2 is 2.19 bits per heavy atom. The summed E-state index contributed by atoms with van der Waals surface area (Å²) in [7, 11) is 0. The van der Waals surface area contributed by atoms with E-state index in [9.17, 15) is 4.79 Å². The van der Waals surface area contributed by atoms with Gasteiger partial charge in [0, 0.05) is 29.0 Å². The Bertz CT molecular complexity index is 536. The molecular weight excluding hydrogens is 327 g/mol. The Balaban J connectivity index is 1.95. The van der Waals surface area contributed by atoms with Gasteiger partial charge >= 0.3 is 0 Å². The van der Waals surface area contributed by atoms with Crippen molar-refractivity contribution in [3.63, 3.8) is 0 Å². The smallest absolute Gasteiger partial charge is 0.232 e. The minimum atomic E-state index is -0.0354. The molecule has 1 saturated heterocycles. The first-order valence-corrected chi connectivity index (χ1v) is 8.65. The number of hydrogen-bond donors (Lipinski definition) is 1. The van der Waals surface area contributed by atoms with E-state index in [1.807, 2.05) is 4.90 Å². The fraction of sp³-hybridized carbons (Fsp3) is 0.533. The van der Waals surface area contributed by atoms with E-state index in [1.165, 1.54) is 11.8 Å². The molecule has 1 amide bonds. The van der Waals surface area contributed by atoms with Crippen LogP contribution in [0.1, 0.15) is 20.3 Å². The highest BCUT2D eigenvalue weighted by Gasteiger charge is 2.35. The highest BCUT2D eigenvalue weighted by molar-refractivity contribution is 8.00. The molecule has 0 spiro atoms. The maximum absolute atomic E-state index is 12.4. The van der Waals surface area contributed by atoms with Crippen LogP contribution in [0.3, 0.4) is 0 Å². The first kappa shape index (κ1) is 16.9. The number of hydrogen-bond acceptors (Lipinski definition) is 3. The Labute approximate surface area is 140 Å². The molecule has 21 heavy (non-hydrogen) atoms. The van der Waals surface area contributed by atoms with Crippen molar-refractivity contribution < 1.29 is 4.79 Å². The lowest BCUT2D eigenvalue weighted by atomic mass is 9.80. The first-order valence-electron chi connectivity index (χ1n) is 6.91. The van der Waals surface area contributed by atoms with Crippen molar-refractivity contribution in [1.82, 2.24) is 4.90 Å². The fourth-order valence-corrected chi connectivity index (χ4v) is 3.80. The molecule has 0 aliphatic carbocycles. The van der Waals surface area contributed by atoms with Crippen LogP contribution >= 0.6 is 35.0 Å². The van der Waals surface area contributed by atoms with Gasteiger partial charge in [0.2, 0.25) is 5.91 Å². The van der Waals surface area contributed by atoms with Crippen LogP contribution in [0.4, 0.5) is 0 Å². The van der Waals surface area contributed by atoms with Crippen LogP contribution < -0.4 is 5.73 Å². The van der Waals surface area contributed by atoms with E-state index in [0.29, 0.717) is 22.3 Å². The number of rotatable bonds is 3. The van der Waals surface area contributed by atoms with Gasteiger partial charge in [0.15, 0.2) is 0 Å². The van der Waals surface area contributed by atoms with Crippen molar-refractivity contribution >= 4 is 40.9 Å². The molecule has 1 aliphatic rings. The monoisotopic (exact) mass is 346 g/mol. The summed E-state index contributed by atoms with van der Waals surface area (Å²) in [4.78, 5) is 15.1. The van der Waals surface area contributed by atoms with Gasteiger partial charge < -0.3 is 10.6 Å². The molecule has 0 aromatic heterocycles. The molecule has 1 unspecified atom stereocenters. The highest BCUT2D eigenvalue weighted by atomic mass is 35.5. The van der Waals surface area contributed by atoms with E-state index in [4.69, 9.17) is 28.9 Å². The fourth-order valence-electron chi connectivity index (χ4n) is 2.41. The van der Waals surface area contributed by atoms with Gasteiger partial charge in [0.25, 0.3) is 0 Å². The summed E-state index contributed by atoms with van der Waals surface area (Å²) >= 11 is 13.5. The number of benzene rings is 1. The minimum absolute atomic E-state index is 0.0354. The number of nitrogens with two attached hydrogens (primary N) is 1. The molecule has 2 N–H and O–H groups in total. The molecule has 0 radical (unpaired) electrons. The van der Waals surface area contributed by atoms with Crippen molar-refractivity contribution in [3.8, 4) is 0 Å². The van der Waals surface area contributed by atoms with E-state index < -0.39 is 0 Å². The first-order chi connectivity index (χ1) is 9.79. The molecule has 1 atom stereocenters.